The zero-order valence-electron chi connectivity index (χ0n) is 26.7. The summed E-state index contributed by atoms with van der Waals surface area (Å²) in [5.41, 5.74) is 5.87. The van der Waals surface area contributed by atoms with Gasteiger partial charge in [0, 0.05) is 23.0 Å². The van der Waals surface area contributed by atoms with Gasteiger partial charge in [-0.05, 0) is 95.3 Å². The van der Waals surface area contributed by atoms with Crippen molar-refractivity contribution in [2.24, 2.45) is 0 Å². The molecule has 0 atom stereocenters. The molecule has 1 nitrogen and oxygen atoms in total. The number of ether oxygens (including phenoxy) is 1. The summed E-state index contributed by atoms with van der Waals surface area (Å²) in [4.78, 5) is 0. The Kier molecular flexibility index (Phi) is 17.0. The molecule has 4 aromatic carbocycles. The predicted octanol–water partition coefficient (Wildman–Crippen LogP) is 9.33. The minimum Gasteiger partial charge on any atom is -0.555 e. The van der Waals surface area contributed by atoms with Crippen LogP contribution in [0.2, 0.25) is 0 Å². The average molecular weight is 649 g/mol. The Labute approximate surface area is 274 Å². The fourth-order valence-corrected chi connectivity index (χ4v) is 10.2. The maximum Gasteiger partial charge on any atom is 0.0226 e. The van der Waals surface area contributed by atoms with Crippen molar-refractivity contribution in [3.63, 3.8) is 0 Å². The maximum atomic E-state index is 4.42. The number of methoxy groups -OCH3 is 1. The fraction of sp³-hybridized carbons (Fsp3) is 0.231. The molecular weight excluding hydrogens is 602 g/mol. The van der Waals surface area contributed by atoms with Crippen LogP contribution < -0.4 is 21.2 Å². The molecule has 0 bridgehead atoms. The van der Waals surface area contributed by atoms with E-state index in [-0.39, 0.29) is 32.9 Å². The van der Waals surface area contributed by atoms with Gasteiger partial charge in [0.1, 0.15) is 0 Å². The van der Waals surface area contributed by atoms with Crippen LogP contribution in [0.15, 0.2) is 144 Å². The molecule has 4 aromatic rings. The van der Waals surface area contributed by atoms with Gasteiger partial charge in [0.05, 0.1) is 0 Å². The minimum absolute atomic E-state index is 0. The molecule has 0 spiro atoms. The number of hydrogen-bond donors (Lipinski definition) is 0. The van der Waals surface area contributed by atoms with Crippen LogP contribution in [-0.4, -0.2) is 19.4 Å². The van der Waals surface area contributed by atoms with E-state index in [1.54, 1.807) is 13.7 Å². The Morgan fingerprint density at radius 1 is 0.465 bits per heavy atom. The average Bonchev–Trinajstić information content (AvgIpc) is 3.22. The van der Waals surface area contributed by atoms with Crippen molar-refractivity contribution in [1.82, 2.24) is 0 Å². The molecule has 0 amide bonds. The predicted molar refractivity (Wildman–Crippen MR) is 191 cm³/mol. The van der Waals surface area contributed by atoms with Crippen LogP contribution in [0.3, 0.4) is 0 Å². The third kappa shape index (κ3) is 11.0. The SMILES string of the molecule is C[CH-]OC.C[C]1C(C)=C(C)C(C)=C1C.[Fe].c1ccc(P(CCP(c2ccccc2)c2ccccc2)c2ccccc2)cc1. The zero-order chi connectivity index (χ0) is 30.3. The van der Waals surface area contributed by atoms with Gasteiger partial charge in [0.15, 0.2) is 0 Å². The van der Waals surface area contributed by atoms with Crippen molar-refractivity contribution in [2.45, 2.75) is 41.5 Å². The second-order valence-electron chi connectivity index (χ2n) is 10.2. The van der Waals surface area contributed by atoms with Crippen molar-refractivity contribution < 1.29 is 21.8 Å². The molecule has 0 saturated heterocycles. The monoisotopic (exact) mass is 648 g/mol. The summed E-state index contributed by atoms with van der Waals surface area (Å²) < 4.78 is 4.42. The van der Waals surface area contributed by atoms with Crippen LogP contribution in [0.1, 0.15) is 41.5 Å². The minimum atomic E-state index is -0.348. The summed E-state index contributed by atoms with van der Waals surface area (Å²) in [6.07, 6.45) is 2.41. The third-order valence-electron chi connectivity index (χ3n) is 7.87. The Morgan fingerprint density at radius 3 is 0.860 bits per heavy atom. The van der Waals surface area contributed by atoms with Crippen LogP contribution in [-0.2, 0) is 21.8 Å². The van der Waals surface area contributed by atoms with E-state index in [1.807, 2.05) is 6.92 Å². The Balaban J connectivity index is 0.000000359. The molecule has 4 heteroatoms. The van der Waals surface area contributed by atoms with Crippen molar-refractivity contribution >= 4 is 37.1 Å². The van der Waals surface area contributed by atoms with Crippen molar-refractivity contribution in [3.8, 4) is 0 Å². The van der Waals surface area contributed by atoms with Gasteiger partial charge in [-0.1, -0.05) is 139 Å². The first-order chi connectivity index (χ1) is 20.4. The van der Waals surface area contributed by atoms with E-state index in [0.29, 0.717) is 0 Å². The van der Waals surface area contributed by atoms with E-state index in [2.05, 4.69) is 161 Å². The first-order valence-electron chi connectivity index (χ1n) is 14.6. The summed E-state index contributed by atoms with van der Waals surface area (Å²) in [5, 5.41) is 5.89. The van der Waals surface area contributed by atoms with Crippen LogP contribution in [0.25, 0.3) is 0 Å². The van der Waals surface area contributed by atoms with E-state index < -0.39 is 0 Å². The third-order valence-corrected chi connectivity index (χ3v) is 13.2. The Bertz CT molecular complexity index is 1200. The fourth-order valence-electron chi connectivity index (χ4n) is 4.85. The Morgan fingerprint density at radius 2 is 0.698 bits per heavy atom. The van der Waals surface area contributed by atoms with E-state index in [0.717, 1.165) is 0 Å². The molecule has 1 aliphatic rings. The molecule has 1 radical (unpaired) electrons. The molecule has 0 fully saturated rings. The van der Waals surface area contributed by atoms with Crippen molar-refractivity contribution in [1.29, 1.82) is 0 Å². The normalized spacial score (nSPS) is 12.9. The Hall–Kier alpha value is -2.30. The van der Waals surface area contributed by atoms with Crippen molar-refractivity contribution in [2.75, 3.05) is 19.4 Å². The van der Waals surface area contributed by atoms with Crippen LogP contribution in [0, 0.1) is 12.5 Å². The summed E-state index contributed by atoms with van der Waals surface area (Å²) in [7, 11) is 0.929. The van der Waals surface area contributed by atoms with Gasteiger partial charge in [-0.15, -0.1) is 0 Å². The molecule has 5 rings (SSSR count). The van der Waals surface area contributed by atoms with Crippen molar-refractivity contribution in [3.05, 3.63) is 156 Å². The molecule has 43 heavy (non-hydrogen) atoms. The number of hydrogen-bond acceptors (Lipinski definition) is 1. The standard InChI is InChI=1S/C26H24P2.C10H15.C3H7O.Fe/c1-5-13-23(14-6-1)27(24-15-7-2-8-16-24)21-22-28(25-17-9-3-10-18-25)26-19-11-4-12-20-26;1-6-7(2)9(4)10(5)8(6)3;1-3-4-2;/h1-20H,21-22H2;1-5H3;3H,1-2H3;/q;;-1;. The summed E-state index contributed by atoms with van der Waals surface area (Å²) >= 11 is 0. The summed E-state index contributed by atoms with van der Waals surface area (Å²) in [6, 6.07) is 44.2. The second kappa shape index (κ2) is 19.9. The molecule has 0 aromatic heterocycles. The van der Waals surface area contributed by atoms with E-state index in [1.165, 1.54) is 61.8 Å². The zero-order valence-corrected chi connectivity index (χ0v) is 29.6. The van der Waals surface area contributed by atoms with Gasteiger partial charge < -0.3 is 4.74 Å². The van der Waals surface area contributed by atoms with Crippen LogP contribution >= 0.6 is 15.8 Å². The molecule has 1 aliphatic carbocycles. The quantitative estimate of drug-likeness (QED) is 0.105. The van der Waals surface area contributed by atoms with Gasteiger partial charge in [-0.2, -0.15) is 6.92 Å². The molecule has 0 saturated carbocycles. The van der Waals surface area contributed by atoms with E-state index >= 15 is 0 Å². The van der Waals surface area contributed by atoms with Gasteiger partial charge in [0.25, 0.3) is 0 Å². The molecule has 0 N–H and O–H groups in total. The topological polar surface area (TPSA) is 9.23 Å². The maximum absolute atomic E-state index is 4.42. The summed E-state index contributed by atoms with van der Waals surface area (Å²) in [6.45, 7) is 14.5. The van der Waals surface area contributed by atoms with E-state index in [9.17, 15) is 0 Å². The van der Waals surface area contributed by atoms with Gasteiger partial charge in [-0.3, -0.25) is 0 Å². The first-order valence-corrected chi connectivity index (χ1v) is 17.7. The van der Waals surface area contributed by atoms with Gasteiger partial charge in [-0.25, -0.2) is 6.61 Å². The smallest absolute Gasteiger partial charge is 0.0226 e. The molecule has 0 heterocycles. The van der Waals surface area contributed by atoms with Crippen LogP contribution in [0.4, 0.5) is 0 Å². The number of rotatable bonds is 8. The largest absolute Gasteiger partial charge is 0.555 e. The number of benzene rings is 4. The summed E-state index contributed by atoms with van der Waals surface area (Å²) in [5.74, 6) is 1.47. The number of allylic oxidation sites excluding steroid dienone is 4. The second-order valence-corrected chi connectivity index (χ2v) is 14.9. The van der Waals surface area contributed by atoms with Gasteiger partial charge >= 0.3 is 0 Å². The molecule has 227 valence electrons. The van der Waals surface area contributed by atoms with Gasteiger partial charge in [0.2, 0.25) is 0 Å². The van der Waals surface area contributed by atoms with Crippen LogP contribution in [0.5, 0.6) is 0 Å². The molecular formula is C39H46FeOP2-. The van der Waals surface area contributed by atoms with E-state index in [4.69, 9.17) is 0 Å². The molecule has 0 aliphatic heterocycles. The molecule has 0 unspecified atom stereocenters. The first kappa shape index (κ1) is 36.9.